The van der Waals surface area contributed by atoms with Gasteiger partial charge in [0.2, 0.25) is 0 Å². The van der Waals surface area contributed by atoms with Crippen LogP contribution in [0.15, 0.2) is 65.8 Å². The lowest BCUT2D eigenvalue weighted by Crippen LogP contribution is -2.20. The molecule has 0 aliphatic rings. The van der Waals surface area contributed by atoms with Gasteiger partial charge in [-0.2, -0.15) is 0 Å². The summed E-state index contributed by atoms with van der Waals surface area (Å²) in [5, 5.41) is 0.643. The van der Waals surface area contributed by atoms with Gasteiger partial charge in [-0.25, -0.2) is 13.6 Å². The minimum Gasteiger partial charge on any atom is -0.489 e. The molecule has 9 heteroatoms. The Labute approximate surface area is 191 Å². The molecule has 0 aliphatic carbocycles. The Bertz CT molecular complexity index is 1580. The van der Waals surface area contributed by atoms with Gasteiger partial charge in [-0.3, -0.25) is 19.1 Å². The van der Waals surface area contributed by atoms with Crippen LogP contribution in [0, 0.1) is 5.82 Å². The van der Waals surface area contributed by atoms with Crippen LogP contribution in [0.3, 0.4) is 0 Å². The molecule has 33 heavy (non-hydrogen) atoms. The Balaban J connectivity index is 1.76. The number of ether oxygens (including phenoxy) is 1. The Hall–Kier alpha value is -3.78. The Morgan fingerprint density at radius 1 is 1.06 bits per heavy atom. The lowest BCUT2D eigenvalue weighted by Gasteiger charge is -2.09. The fourth-order valence-electron chi connectivity index (χ4n) is 3.85. The summed E-state index contributed by atoms with van der Waals surface area (Å²) < 4.78 is 34.6. The van der Waals surface area contributed by atoms with E-state index in [1.807, 2.05) is 18.2 Å². The molecule has 0 fully saturated rings. The van der Waals surface area contributed by atoms with E-state index in [-0.39, 0.29) is 17.3 Å². The minimum absolute atomic E-state index is 0.0517. The smallest absolute Gasteiger partial charge is 0.333 e. The van der Waals surface area contributed by atoms with E-state index in [1.54, 1.807) is 25.5 Å². The van der Waals surface area contributed by atoms with E-state index in [2.05, 4.69) is 9.97 Å². The lowest BCUT2D eigenvalue weighted by atomic mass is 10.0. The molecule has 0 atom stereocenters. The maximum Gasteiger partial charge on any atom is 0.333 e. The average Bonchev–Trinajstić information content (AvgIpc) is 3.09. The summed E-state index contributed by atoms with van der Waals surface area (Å²) in [4.78, 5) is 21.8. The van der Waals surface area contributed by atoms with Crippen molar-refractivity contribution in [3.63, 3.8) is 0 Å². The summed E-state index contributed by atoms with van der Waals surface area (Å²) in [6.07, 6.45) is 4.83. The summed E-state index contributed by atoms with van der Waals surface area (Å²) in [6, 6.07) is 11.6. The zero-order valence-electron chi connectivity index (χ0n) is 17.4. The summed E-state index contributed by atoms with van der Waals surface area (Å²) in [7, 11) is 1.65. The summed E-state index contributed by atoms with van der Waals surface area (Å²) in [5.41, 5.74) is 3.62. The molecule has 0 bridgehead atoms. The van der Waals surface area contributed by atoms with Crippen molar-refractivity contribution in [3.8, 4) is 22.6 Å². The van der Waals surface area contributed by atoms with Gasteiger partial charge in [0.05, 0.1) is 39.7 Å². The van der Waals surface area contributed by atoms with E-state index < -0.39 is 12.5 Å². The van der Waals surface area contributed by atoms with E-state index in [9.17, 15) is 13.6 Å². The van der Waals surface area contributed by atoms with Gasteiger partial charge in [-0.15, -0.1) is 0 Å². The van der Waals surface area contributed by atoms with Gasteiger partial charge >= 0.3 is 5.69 Å². The predicted octanol–water partition coefficient (Wildman–Crippen LogP) is 5.08. The first-order valence-corrected chi connectivity index (χ1v) is 10.5. The molecule has 0 aliphatic heterocycles. The summed E-state index contributed by atoms with van der Waals surface area (Å²) in [6.45, 7) is -0.646. The Kier molecular flexibility index (Phi) is 5.30. The van der Waals surface area contributed by atoms with Crippen molar-refractivity contribution >= 4 is 33.5 Å². The van der Waals surface area contributed by atoms with Crippen LogP contribution in [0.5, 0.6) is 5.75 Å². The molecule has 5 rings (SSSR count). The average molecular weight is 467 g/mol. The van der Waals surface area contributed by atoms with Gasteiger partial charge < -0.3 is 4.74 Å². The van der Waals surface area contributed by atoms with E-state index in [4.69, 9.17) is 16.3 Å². The SMILES string of the molecule is Cn1c(=O)n(-c2ccc(F)c(Cl)c2)c2c3cc(-c4cncc(OCCF)c4)ccc3ncc21. The molecule has 2 aromatic carbocycles. The van der Waals surface area contributed by atoms with Gasteiger partial charge in [-0.05, 0) is 42.0 Å². The van der Waals surface area contributed by atoms with Crippen LogP contribution in [0.2, 0.25) is 5.02 Å². The third-order valence-electron chi connectivity index (χ3n) is 5.44. The minimum atomic E-state index is -0.594. The predicted molar refractivity (Wildman–Crippen MR) is 123 cm³/mol. The van der Waals surface area contributed by atoms with Crippen LogP contribution in [-0.4, -0.2) is 32.4 Å². The number of halogens is 3. The number of pyridine rings is 2. The lowest BCUT2D eigenvalue weighted by molar-refractivity contribution is 0.272. The van der Waals surface area contributed by atoms with Crippen molar-refractivity contribution < 1.29 is 13.5 Å². The quantitative estimate of drug-likeness (QED) is 0.362. The molecular weight excluding hydrogens is 450 g/mol. The Morgan fingerprint density at radius 2 is 1.91 bits per heavy atom. The topological polar surface area (TPSA) is 61.9 Å². The van der Waals surface area contributed by atoms with Crippen LogP contribution >= 0.6 is 11.6 Å². The van der Waals surface area contributed by atoms with Crippen molar-refractivity contribution in [2.45, 2.75) is 0 Å². The highest BCUT2D eigenvalue weighted by molar-refractivity contribution is 6.30. The largest absolute Gasteiger partial charge is 0.489 e. The molecule has 0 radical (unpaired) electrons. The number of nitrogens with zero attached hydrogens (tertiary/aromatic N) is 4. The highest BCUT2D eigenvalue weighted by Crippen LogP contribution is 2.31. The van der Waals surface area contributed by atoms with Crippen molar-refractivity contribution in [2.24, 2.45) is 7.05 Å². The van der Waals surface area contributed by atoms with Crippen LogP contribution < -0.4 is 10.4 Å². The van der Waals surface area contributed by atoms with E-state index >= 15 is 0 Å². The molecule has 0 amide bonds. The molecule has 0 saturated carbocycles. The number of benzene rings is 2. The molecule has 0 unspecified atom stereocenters. The number of aryl methyl sites for hydroxylation is 1. The van der Waals surface area contributed by atoms with Gasteiger partial charge in [-0.1, -0.05) is 17.7 Å². The molecule has 0 spiro atoms. The maximum atomic E-state index is 13.8. The first kappa shape index (κ1) is 21.1. The molecule has 6 nitrogen and oxygen atoms in total. The van der Waals surface area contributed by atoms with E-state index in [0.717, 1.165) is 16.5 Å². The van der Waals surface area contributed by atoms with E-state index in [0.29, 0.717) is 28.0 Å². The molecule has 3 heterocycles. The van der Waals surface area contributed by atoms with Crippen LogP contribution in [-0.2, 0) is 7.05 Å². The highest BCUT2D eigenvalue weighted by atomic mass is 35.5. The van der Waals surface area contributed by atoms with Crippen molar-refractivity contribution in [1.82, 2.24) is 19.1 Å². The summed E-state index contributed by atoms with van der Waals surface area (Å²) in [5.74, 6) is -0.107. The molecule has 0 saturated heterocycles. The first-order chi connectivity index (χ1) is 16.0. The Morgan fingerprint density at radius 3 is 2.70 bits per heavy atom. The number of aromatic nitrogens is 4. The fourth-order valence-corrected chi connectivity index (χ4v) is 4.03. The van der Waals surface area contributed by atoms with Crippen LogP contribution in [0.25, 0.3) is 38.8 Å². The molecule has 5 aromatic rings. The number of hydrogen-bond donors (Lipinski definition) is 0. The molecule has 166 valence electrons. The second-order valence-corrected chi connectivity index (χ2v) is 7.85. The van der Waals surface area contributed by atoms with E-state index in [1.165, 1.54) is 33.5 Å². The second kappa shape index (κ2) is 8.29. The number of alkyl halides is 1. The maximum absolute atomic E-state index is 13.8. The highest BCUT2D eigenvalue weighted by Gasteiger charge is 2.17. The number of fused-ring (bicyclic) bond motifs is 3. The molecular formula is C24H17ClF2N4O2. The number of imidazole rings is 1. The van der Waals surface area contributed by atoms with Crippen molar-refractivity contribution in [3.05, 3.63) is 82.4 Å². The van der Waals surface area contributed by atoms with Crippen molar-refractivity contribution in [2.75, 3.05) is 13.3 Å². The van der Waals surface area contributed by atoms with Crippen LogP contribution in [0.4, 0.5) is 8.78 Å². The van der Waals surface area contributed by atoms with Gasteiger partial charge in [0.15, 0.2) is 0 Å². The third kappa shape index (κ3) is 3.62. The fraction of sp³-hybridized carbons (Fsp3) is 0.125. The summed E-state index contributed by atoms with van der Waals surface area (Å²) >= 11 is 6.00. The molecule has 0 N–H and O–H groups in total. The standard InChI is InChI=1S/C24H17ClF2N4O2/c1-30-22-13-29-21-5-2-14(15-8-17(12-28-11-15)33-7-6-26)9-18(21)23(22)31(24(30)32)16-3-4-20(27)19(25)10-16/h2-5,8-13H,6-7H2,1H3. The normalized spacial score (nSPS) is 11.4. The van der Waals surface area contributed by atoms with Crippen molar-refractivity contribution in [1.29, 1.82) is 0 Å². The number of rotatable bonds is 5. The van der Waals surface area contributed by atoms with Gasteiger partial charge in [0, 0.05) is 24.2 Å². The third-order valence-corrected chi connectivity index (χ3v) is 5.73. The van der Waals surface area contributed by atoms with Crippen LogP contribution in [0.1, 0.15) is 0 Å². The van der Waals surface area contributed by atoms with Gasteiger partial charge in [0.25, 0.3) is 0 Å². The monoisotopic (exact) mass is 466 g/mol. The molecule has 3 aromatic heterocycles. The zero-order valence-corrected chi connectivity index (χ0v) is 18.2. The number of hydrogen-bond acceptors (Lipinski definition) is 4. The zero-order chi connectivity index (χ0) is 23.1. The first-order valence-electron chi connectivity index (χ1n) is 10.1. The second-order valence-electron chi connectivity index (χ2n) is 7.45. The van der Waals surface area contributed by atoms with Gasteiger partial charge in [0.1, 0.15) is 24.8 Å².